The molecule has 2 nitrogen and oxygen atoms in total. The highest BCUT2D eigenvalue weighted by Gasteiger charge is 2.21. The molecule has 0 aromatic heterocycles. The summed E-state index contributed by atoms with van der Waals surface area (Å²) in [6.45, 7) is 9.49. The molecule has 0 spiro atoms. The van der Waals surface area contributed by atoms with E-state index < -0.39 is 0 Å². The number of nitrogens with zero attached hydrogens (tertiary/aromatic N) is 1. The van der Waals surface area contributed by atoms with Crippen LogP contribution in [0.15, 0.2) is 0 Å². The maximum atomic E-state index is 11.0. The first-order chi connectivity index (χ1) is 4.33. The molecule has 0 amide bonds. The summed E-state index contributed by atoms with van der Waals surface area (Å²) in [5.74, 6) is 0.0271. The Hall–Kier alpha value is -0.0800. The average molecular weight is 142 g/mol. The normalized spacial score (nSPS) is 13.2. The van der Waals surface area contributed by atoms with Crippen molar-refractivity contribution < 1.29 is 5.11 Å². The molecule has 0 bridgehead atoms. The second kappa shape index (κ2) is 3.35. The van der Waals surface area contributed by atoms with E-state index in [2.05, 4.69) is 5.32 Å². The van der Waals surface area contributed by atoms with Crippen molar-refractivity contribution in [1.82, 2.24) is 5.32 Å². The van der Waals surface area contributed by atoms with Crippen LogP contribution in [0.1, 0.15) is 34.6 Å². The Kier molecular flexibility index (Phi) is 3.33. The fraction of sp³-hybridized carbons (Fsp3) is 0.875. The molecule has 0 saturated heterocycles. The Bertz CT molecular complexity index is 93.9. The third kappa shape index (κ3) is 4.77. The Balaban J connectivity index is 3.68. The van der Waals surface area contributed by atoms with Crippen molar-refractivity contribution in [2.45, 2.75) is 40.2 Å². The zero-order valence-electron chi connectivity index (χ0n) is 7.43. The van der Waals surface area contributed by atoms with Crippen molar-refractivity contribution in [1.29, 1.82) is 0 Å². The Labute approximate surface area is 63.6 Å². The first kappa shape index (κ1) is 9.92. The van der Waals surface area contributed by atoms with E-state index in [1.165, 1.54) is 0 Å². The van der Waals surface area contributed by atoms with Gasteiger partial charge in [-0.05, 0) is 20.8 Å². The van der Waals surface area contributed by atoms with Crippen LogP contribution >= 0.6 is 0 Å². The van der Waals surface area contributed by atoms with Crippen molar-refractivity contribution in [2.24, 2.45) is 5.92 Å². The van der Waals surface area contributed by atoms with Crippen LogP contribution in [-0.2, 0) is 5.11 Å². The van der Waals surface area contributed by atoms with Gasteiger partial charge in [0.2, 0.25) is 6.23 Å². The molecule has 0 saturated carbocycles. The first-order valence-corrected chi connectivity index (χ1v) is 3.59. The summed E-state index contributed by atoms with van der Waals surface area (Å²) in [5.41, 5.74) is -0.221. The predicted octanol–water partition coefficient (Wildman–Crippen LogP) is 1.97. The van der Waals surface area contributed by atoms with Crippen LogP contribution < -0.4 is 5.32 Å². The van der Waals surface area contributed by atoms with Crippen molar-refractivity contribution in [3.05, 3.63) is 6.23 Å². The van der Waals surface area contributed by atoms with E-state index in [0.717, 1.165) is 0 Å². The summed E-state index contributed by atoms with van der Waals surface area (Å²) in [6.07, 6.45) is -0.00694. The number of hydrogen-bond acceptors (Lipinski definition) is 0. The van der Waals surface area contributed by atoms with E-state index >= 15 is 0 Å². The van der Waals surface area contributed by atoms with Gasteiger partial charge in [0.05, 0.1) is 0 Å². The van der Waals surface area contributed by atoms with Crippen molar-refractivity contribution in [3.63, 3.8) is 0 Å². The smallest absolute Gasteiger partial charge is 0.205 e. The quantitative estimate of drug-likeness (QED) is 0.565. The average Bonchev–Trinajstić information content (AvgIpc) is 1.60. The highest BCUT2D eigenvalue weighted by Crippen LogP contribution is 2.14. The molecule has 0 heterocycles. The second-order valence-corrected chi connectivity index (χ2v) is 3.78. The Morgan fingerprint density at radius 2 is 1.70 bits per heavy atom. The lowest BCUT2D eigenvalue weighted by Gasteiger charge is -2.21. The van der Waals surface area contributed by atoms with Crippen molar-refractivity contribution in [3.8, 4) is 0 Å². The molecule has 0 atom stereocenters. The summed E-state index contributed by atoms with van der Waals surface area (Å²) in [5, 5.41) is 15.0. The summed E-state index contributed by atoms with van der Waals surface area (Å²) in [4.78, 5) is 0. The Morgan fingerprint density at radius 1 is 1.30 bits per heavy atom. The van der Waals surface area contributed by atoms with Crippen molar-refractivity contribution in [2.75, 3.05) is 0 Å². The van der Waals surface area contributed by atoms with Gasteiger partial charge in [-0.25, -0.2) is 5.11 Å². The third-order valence-corrected chi connectivity index (χ3v) is 0.940. The van der Waals surface area contributed by atoms with Gasteiger partial charge in [-0.1, -0.05) is 13.8 Å². The molecule has 10 heavy (non-hydrogen) atoms. The molecular weight excluding hydrogens is 126 g/mol. The van der Waals surface area contributed by atoms with Crippen LogP contribution in [0.4, 0.5) is 0 Å². The van der Waals surface area contributed by atoms with Crippen LogP contribution in [-0.4, -0.2) is 5.54 Å². The lowest BCUT2D eigenvalue weighted by atomic mass is 10.1. The van der Waals surface area contributed by atoms with Gasteiger partial charge in [0.25, 0.3) is 0 Å². The maximum absolute atomic E-state index is 11.0. The molecule has 0 aliphatic carbocycles. The molecule has 0 aromatic carbocycles. The number of hydrogen-bond donors (Lipinski definition) is 0. The fourth-order valence-electron chi connectivity index (χ4n) is 0.460. The van der Waals surface area contributed by atoms with Gasteiger partial charge in [0.1, 0.15) is 0 Å². The van der Waals surface area contributed by atoms with E-state index in [1.807, 2.05) is 34.6 Å². The molecule has 2 heteroatoms. The zero-order valence-corrected chi connectivity index (χ0v) is 7.43. The third-order valence-electron chi connectivity index (χ3n) is 0.940. The monoisotopic (exact) mass is 142 g/mol. The van der Waals surface area contributed by atoms with E-state index in [4.69, 9.17) is 0 Å². The summed E-state index contributed by atoms with van der Waals surface area (Å²) in [6, 6.07) is 0. The van der Waals surface area contributed by atoms with Gasteiger partial charge in [0.15, 0.2) is 0 Å². The molecular formula is C8H16NO. The van der Waals surface area contributed by atoms with Crippen molar-refractivity contribution >= 4 is 0 Å². The second-order valence-electron chi connectivity index (χ2n) is 3.78. The minimum absolute atomic E-state index is 0.00694. The SMILES string of the molecule is CC(C)[C]([O])[N]C(C)(C)C. The lowest BCUT2D eigenvalue weighted by Crippen LogP contribution is -2.33. The topological polar surface area (TPSA) is 34.0 Å². The van der Waals surface area contributed by atoms with Gasteiger partial charge in [-0.3, -0.25) is 0 Å². The van der Waals surface area contributed by atoms with Gasteiger partial charge in [0, 0.05) is 11.5 Å². The van der Waals surface area contributed by atoms with E-state index in [1.54, 1.807) is 0 Å². The van der Waals surface area contributed by atoms with Crippen LogP contribution in [0.5, 0.6) is 0 Å². The molecule has 0 aliphatic heterocycles. The Morgan fingerprint density at radius 3 is 1.80 bits per heavy atom. The highest BCUT2D eigenvalue weighted by molar-refractivity contribution is 4.83. The van der Waals surface area contributed by atoms with Crippen LogP contribution in [0.2, 0.25) is 0 Å². The maximum Gasteiger partial charge on any atom is 0.219 e. The predicted molar refractivity (Wildman–Crippen MR) is 40.7 cm³/mol. The lowest BCUT2D eigenvalue weighted by molar-refractivity contribution is 0.103. The van der Waals surface area contributed by atoms with Gasteiger partial charge in [-0.15, -0.1) is 0 Å². The summed E-state index contributed by atoms with van der Waals surface area (Å²) in [7, 11) is 0. The summed E-state index contributed by atoms with van der Waals surface area (Å²) >= 11 is 0. The minimum atomic E-state index is -0.221. The van der Waals surface area contributed by atoms with E-state index in [0.29, 0.717) is 0 Å². The number of rotatable bonds is 2. The highest BCUT2D eigenvalue weighted by atomic mass is 16.3. The molecule has 59 valence electrons. The van der Waals surface area contributed by atoms with E-state index in [-0.39, 0.29) is 17.7 Å². The molecule has 0 fully saturated rings. The minimum Gasteiger partial charge on any atom is -0.205 e. The van der Waals surface area contributed by atoms with Gasteiger partial charge >= 0.3 is 0 Å². The first-order valence-electron chi connectivity index (χ1n) is 3.59. The standard InChI is InChI=1S/C8H16NO/c1-6(2)7(10)9-8(3,4)5/h6H,1-5H3. The van der Waals surface area contributed by atoms with Crippen LogP contribution in [0.3, 0.4) is 0 Å². The molecule has 3 radical (unpaired) electrons. The van der Waals surface area contributed by atoms with E-state index in [9.17, 15) is 5.11 Å². The molecule has 0 unspecified atom stereocenters. The van der Waals surface area contributed by atoms with Crippen LogP contribution in [0, 0.1) is 12.1 Å². The molecule has 0 rings (SSSR count). The van der Waals surface area contributed by atoms with Gasteiger partial charge < -0.3 is 0 Å². The molecule has 0 aromatic rings. The largest absolute Gasteiger partial charge is 0.219 e. The van der Waals surface area contributed by atoms with Crippen LogP contribution in [0.25, 0.3) is 0 Å². The summed E-state index contributed by atoms with van der Waals surface area (Å²) < 4.78 is 0. The molecule has 0 aliphatic rings. The van der Waals surface area contributed by atoms with Gasteiger partial charge in [-0.2, -0.15) is 5.32 Å². The molecule has 0 N–H and O–H groups in total. The fourth-order valence-corrected chi connectivity index (χ4v) is 0.460. The zero-order chi connectivity index (χ0) is 8.36.